The van der Waals surface area contributed by atoms with Crippen molar-refractivity contribution in [3.63, 3.8) is 0 Å². The highest BCUT2D eigenvalue weighted by Gasteiger charge is 2.48. The summed E-state index contributed by atoms with van der Waals surface area (Å²) in [5.41, 5.74) is 7.02. The summed E-state index contributed by atoms with van der Waals surface area (Å²) < 4.78 is 0. The molecular weight excluding hydrogens is 252 g/mol. The summed E-state index contributed by atoms with van der Waals surface area (Å²) in [4.78, 5) is 0. The molecule has 2 aromatic carbocycles. The van der Waals surface area contributed by atoms with Gasteiger partial charge in [0.1, 0.15) is 0 Å². The Morgan fingerprint density at radius 3 is 2.71 bits per heavy atom. The molecular formula is C21H22. The monoisotopic (exact) mass is 274 g/mol. The standard InChI is InChI=1S/C21H22/c1-14-2-4-16-10-17-6-7-21(12-15-3-5-20(21)9-15)13-19(17)11-18(16)8-14/h2-4,8,10-11,20H,5-7,9,12-13H2,1H3. The minimum atomic E-state index is 0.620. The van der Waals surface area contributed by atoms with Crippen molar-refractivity contribution < 1.29 is 0 Å². The molecule has 0 radical (unpaired) electrons. The van der Waals surface area contributed by atoms with Crippen molar-refractivity contribution in [2.75, 3.05) is 0 Å². The van der Waals surface area contributed by atoms with Gasteiger partial charge < -0.3 is 0 Å². The summed E-state index contributed by atoms with van der Waals surface area (Å²) in [7, 11) is 0. The topological polar surface area (TPSA) is 0 Å². The summed E-state index contributed by atoms with van der Waals surface area (Å²) >= 11 is 0. The molecule has 0 aromatic heterocycles. The third-order valence-electron chi connectivity index (χ3n) is 6.39. The van der Waals surface area contributed by atoms with Crippen LogP contribution < -0.4 is 0 Å². The quantitative estimate of drug-likeness (QED) is 0.567. The van der Waals surface area contributed by atoms with Crippen LogP contribution in [-0.4, -0.2) is 0 Å². The number of hydrogen-bond acceptors (Lipinski definition) is 0. The normalized spacial score (nSPS) is 30.0. The van der Waals surface area contributed by atoms with E-state index in [2.05, 4.69) is 43.3 Å². The van der Waals surface area contributed by atoms with Gasteiger partial charge in [-0.1, -0.05) is 47.5 Å². The van der Waals surface area contributed by atoms with Crippen molar-refractivity contribution in [3.05, 3.63) is 58.7 Å². The first-order valence-corrected chi connectivity index (χ1v) is 8.42. The molecule has 0 heterocycles. The van der Waals surface area contributed by atoms with Crippen molar-refractivity contribution in [2.24, 2.45) is 11.3 Å². The molecule has 5 rings (SSSR count). The lowest BCUT2D eigenvalue weighted by atomic mass is 9.64. The predicted octanol–water partition coefficient (Wildman–Crippen LogP) is 5.36. The molecule has 0 nitrogen and oxygen atoms in total. The first kappa shape index (κ1) is 12.0. The third-order valence-corrected chi connectivity index (χ3v) is 6.39. The molecule has 106 valence electrons. The highest BCUT2D eigenvalue weighted by Crippen LogP contribution is 2.58. The predicted molar refractivity (Wildman–Crippen MR) is 88.6 cm³/mol. The zero-order valence-electron chi connectivity index (χ0n) is 12.8. The Balaban J connectivity index is 1.61. The van der Waals surface area contributed by atoms with Crippen LogP contribution in [0.25, 0.3) is 10.8 Å². The van der Waals surface area contributed by atoms with Crippen LogP contribution in [0.5, 0.6) is 0 Å². The zero-order valence-corrected chi connectivity index (χ0v) is 12.8. The molecule has 3 aliphatic carbocycles. The Labute approximate surface area is 126 Å². The first-order chi connectivity index (χ1) is 10.2. The molecule has 2 unspecified atom stereocenters. The van der Waals surface area contributed by atoms with Crippen LogP contribution in [0.2, 0.25) is 0 Å². The lowest BCUT2D eigenvalue weighted by Crippen LogP contribution is -2.33. The molecule has 0 amide bonds. The van der Waals surface area contributed by atoms with Crippen molar-refractivity contribution in [3.8, 4) is 0 Å². The molecule has 0 saturated heterocycles. The Kier molecular flexibility index (Phi) is 2.29. The van der Waals surface area contributed by atoms with Crippen LogP contribution in [0, 0.1) is 18.3 Å². The van der Waals surface area contributed by atoms with Gasteiger partial charge >= 0.3 is 0 Å². The minimum Gasteiger partial charge on any atom is -0.0850 e. The zero-order chi connectivity index (χ0) is 14.0. The lowest BCUT2D eigenvalue weighted by Gasteiger charge is -2.40. The molecule has 0 N–H and O–H groups in total. The maximum Gasteiger partial charge on any atom is -0.0178 e. The molecule has 1 saturated carbocycles. The minimum absolute atomic E-state index is 0.620. The van der Waals surface area contributed by atoms with E-state index in [-0.39, 0.29) is 0 Å². The van der Waals surface area contributed by atoms with E-state index in [1.165, 1.54) is 54.9 Å². The molecule has 2 aromatic rings. The Morgan fingerprint density at radius 2 is 1.90 bits per heavy atom. The highest BCUT2D eigenvalue weighted by molar-refractivity contribution is 5.85. The van der Waals surface area contributed by atoms with Crippen molar-refractivity contribution in [1.29, 1.82) is 0 Å². The van der Waals surface area contributed by atoms with Gasteiger partial charge in [0.25, 0.3) is 0 Å². The van der Waals surface area contributed by atoms with Gasteiger partial charge in [0, 0.05) is 0 Å². The molecule has 1 fully saturated rings. The molecule has 2 atom stereocenters. The summed E-state index contributed by atoms with van der Waals surface area (Å²) in [6.07, 6.45) is 10.7. The molecule has 3 aliphatic rings. The van der Waals surface area contributed by atoms with Crippen molar-refractivity contribution in [2.45, 2.75) is 45.4 Å². The number of hydrogen-bond donors (Lipinski definition) is 0. The second-order valence-corrected chi connectivity index (χ2v) is 7.69. The number of allylic oxidation sites excluding steroid dienone is 2. The summed E-state index contributed by atoms with van der Waals surface area (Å²) in [5.74, 6) is 0.953. The number of fused-ring (bicyclic) bond motifs is 5. The van der Waals surface area contributed by atoms with E-state index >= 15 is 0 Å². The average molecular weight is 274 g/mol. The van der Waals surface area contributed by atoms with Gasteiger partial charge in [-0.15, -0.1) is 0 Å². The van der Waals surface area contributed by atoms with E-state index in [0.717, 1.165) is 5.92 Å². The fraction of sp³-hybridized carbons (Fsp3) is 0.429. The fourth-order valence-corrected chi connectivity index (χ4v) is 5.26. The Hall–Kier alpha value is -1.56. The van der Waals surface area contributed by atoms with Crippen molar-refractivity contribution >= 4 is 10.8 Å². The van der Waals surface area contributed by atoms with Crippen LogP contribution in [-0.2, 0) is 12.8 Å². The number of aryl methyl sites for hydroxylation is 2. The number of benzene rings is 2. The average Bonchev–Trinajstić information content (AvgIpc) is 3.06. The van der Waals surface area contributed by atoms with E-state index in [0.29, 0.717) is 5.41 Å². The van der Waals surface area contributed by atoms with Gasteiger partial charge in [-0.2, -0.15) is 0 Å². The van der Waals surface area contributed by atoms with Crippen LogP contribution in [0.4, 0.5) is 0 Å². The molecule has 0 aliphatic heterocycles. The van der Waals surface area contributed by atoms with Crippen LogP contribution in [0.15, 0.2) is 42.0 Å². The van der Waals surface area contributed by atoms with Crippen LogP contribution in [0.1, 0.15) is 42.4 Å². The van der Waals surface area contributed by atoms with Gasteiger partial charge in [-0.25, -0.2) is 0 Å². The van der Waals surface area contributed by atoms with E-state index in [1.807, 2.05) is 0 Å². The van der Waals surface area contributed by atoms with E-state index in [9.17, 15) is 0 Å². The van der Waals surface area contributed by atoms with Gasteiger partial charge in [0.2, 0.25) is 0 Å². The van der Waals surface area contributed by atoms with E-state index < -0.39 is 0 Å². The maximum absolute atomic E-state index is 2.52. The van der Waals surface area contributed by atoms with Crippen molar-refractivity contribution in [1.82, 2.24) is 0 Å². The summed E-state index contributed by atoms with van der Waals surface area (Å²) in [6.45, 7) is 2.20. The van der Waals surface area contributed by atoms with Gasteiger partial charge in [-0.3, -0.25) is 0 Å². The first-order valence-electron chi connectivity index (χ1n) is 8.42. The second-order valence-electron chi connectivity index (χ2n) is 7.69. The molecule has 1 spiro atoms. The SMILES string of the molecule is Cc1ccc2cc3c(cc2c1)CC1(CC3)CC2=CCC1C2. The largest absolute Gasteiger partial charge is 0.0850 e. The van der Waals surface area contributed by atoms with Crippen LogP contribution >= 0.6 is 0 Å². The van der Waals surface area contributed by atoms with Gasteiger partial charge in [-0.05, 0) is 78.7 Å². The molecule has 0 heteroatoms. The van der Waals surface area contributed by atoms with E-state index in [4.69, 9.17) is 0 Å². The summed E-state index contributed by atoms with van der Waals surface area (Å²) in [6, 6.07) is 11.8. The van der Waals surface area contributed by atoms with E-state index in [1.54, 1.807) is 16.7 Å². The lowest BCUT2D eigenvalue weighted by molar-refractivity contribution is 0.169. The third kappa shape index (κ3) is 1.68. The highest BCUT2D eigenvalue weighted by atomic mass is 14.5. The summed E-state index contributed by atoms with van der Waals surface area (Å²) in [5, 5.41) is 2.86. The smallest absolute Gasteiger partial charge is 0.0178 e. The van der Waals surface area contributed by atoms with Crippen LogP contribution in [0.3, 0.4) is 0 Å². The second kappa shape index (κ2) is 4.00. The Morgan fingerprint density at radius 1 is 1.00 bits per heavy atom. The Bertz CT molecular complexity index is 780. The molecule has 2 bridgehead atoms. The maximum atomic E-state index is 2.52. The fourth-order valence-electron chi connectivity index (χ4n) is 5.26. The number of rotatable bonds is 0. The van der Waals surface area contributed by atoms with Gasteiger partial charge in [0.15, 0.2) is 0 Å². The van der Waals surface area contributed by atoms with Gasteiger partial charge in [0.05, 0.1) is 0 Å². The molecule has 21 heavy (non-hydrogen) atoms.